The maximum atomic E-state index is 12.8. The van der Waals surface area contributed by atoms with Gasteiger partial charge in [-0.3, -0.25) is 4.68 Å². The molecule has 3 heterocycles. The van der Waals surface area contributed by atoms with Gasteiger partial charge in [-0.2, -0.15) is 5.10 Å². The lowest BCUT2D eigenvalue weighted by Crippen LogP contribution is -2.42. The van der Waals surface area contributed by atoms with Crippen LogP contribution in [0.2, 0.25) is 0 Å². The Labute approximate surface area is 145 Å². The van der Waals surface area contributed by atoms with Gasteiger partial charge < -0.3 is 14.2 Å². The van der Waals surface area contributed by atoms with E-state index in [4.69, 9.17) is 14.2 Å². The van der Waals surface area contributed by atoms with Gasteiger partial charge >= 0.3 is 0 Å². The predicted octanol–water partition coefficient (Wildman–Crippen LogP) is 1.35. The molecule has 2 aliphatic rings. The zero-order valence-electron chi connectivity index (χ0n) is 13.7. The van der Waals surface area contributed by atoms with Crippen LogP contribution in [-0.4, -0.2) is 37.6 Å². The standard InChI is InChI=1S/C16H19N3O5S/c1-19-9-11(8-17-19)16-13(3-2-6-22-16)18-25(20,21)12-4-5-14-15(7-12)24-10-23-14/h4-5,7-9,13,16,18H,2-3,6,10H2,1H3/t13-,16+/m0/s1. The molecular weight excluding hydrogens is 346 g/mol. The fraction of sp³-hybridized carbons (Fsp3) is 0.438. The molecule has 2 aliphatic heterocycles. The van der Waals surface area contributed by atoms with Crippen LogP contribution in [0.3, 0.4) is 0 Å². The van der Waals surface area contributed by atoms with Crippen molar-refractivity contribution in [3.05, 3.63) is 36.2 Å². The van der Waals surface area contributed by atoms with E-state index in [2.05, 4.69) is 9.82 Å². The summed E-state index contributed by atoms with van der Waals surface area (Å²) in [7, 11) is -1.89. The van der Waals surface area contributed by atoms with E-state index in [1.807, 2.05) is 13.2 Å². The van der Waals surface area contributed by atoms with Crippen molar-refractivity contribution in [2.45, 2.75) is 29.9 Å². The van der Waals surface area contributed by atoms with Crippen molar-refractivity contribution >= 4 is 10.0 Å². The van der Waals surface area contributed by atoms with Gasteiger partial charge in [-0.25, -0.2) is 13.1 Å². The minimum Gasteiger partial charge on any atom is -0.454 e. The molecule has 2 aromatic rings. The Morgan fingerprint density at radius 2 is 2.12 bits per heavy atom. The first-order chi connectivity index (χ1) is 12.0. The summed E-state index contributed by atoms with van der Waals surface area (Å²) in [5.74, 6) is 0.986. The molecule has 25 heavy (non-hydrogen) atoms. The van der Waals surface area contributed by atoms with Crippen LogP contribution >= 0.6 is 0 Å². The van der Waals surface area contributed by atoms with E-state index in [-0.39, 0.29) is 23.8 Å². The van der Waals surface area contributed by atoms with Crippen LogP contribution in [-0.2, 0) is 21.8 Å². The Hall–Kier alpha value is -2.10. The number of nitrogens with one attached hydrogen (secondary N) is 1. The first-order valence-corrected chi connectivity index (χ1v) is 9.53. The molecule has 0 amide bonds. The number of ether oxygens (including phenoxy) is 3. The topological polar surface area (TPSA) is 91.7 Å². The van der Waals surface area contributed by atoms with Crippen molar-refractivity contribution in [3.63, 3.8) is 0 Å². The van der Waals surface area contributed by atoms with Crippen molar-refractivity contribution in [1.82, 2.24) is 14.5 Å². The quantitative estimate of drug-likeness (QED) is 0.879. The molecule has 0 spiro atoms. The number of hydrogen-bond acceptors (Lipinski definition) is 6. The van der Waals surface area contributed by atoms with E-state index in [0.717, 1.165) is 12.0 Å². The molecule has 8 nitrogen and oxygen atoms in total. The zero-order valence-corrected chi connectivity index (χ0v) is 14.5. The number of rotatable bonds is 4. The van der Waals surface area contributed by atoms with Crippen LogP contribution in [0.15, 0.2) is 35.5 Å². The Morgan fingerprint density at radius 1 is 1.28 bits per heavy atom. The first-order valence-electron chi connectivity index (χ1n) is 8.05. The Balaban J connectivity index is 1.58. The van der Waals surface area contributed by atoms with E-state index >= 15 is 0 Å². The average molecular weight is 365 g/mol. The minimum atomic E-state index is -3.71. The van der Waals surface area contributed by atoms with Crippen molar-refractivity contribution in [2.75, 3.05) is 13.4 Å². The highest BCUT2D eigenvalue weighted by Crippen LogP contribution is 2.35. The van der Waals surface area contributed by atoms with Crippen molar-refractivity contribution < 1.29 is 22.6 Å². The van der Waals surface area contributed by atoms with E-state index in [9.17, 15) is 8.42 Å². The van der Waals surface area contributed by atoms with Gasteiger partial charge in [-0.15, -0.1) is 0 Å². The molecule has 0 radical (unpaired) electrons. The van der Waals surface area contributed by atoms with Crippen molar-refractivity contribution in [1.29, 1.82) is 0 Å². The number of benzene rings is 1. The summed E-state index contributed by atoms with van der Waals surface area (Å²) in [5.41, 5.74) is 0.862. The largest absolute Gasteiger partial charge is 0.454 e. The van der Waals surface area contributed by atoms with Gasteiger partial charge in [0.05, 0.1) is 17.1 Å². The van der Waals surface area contributed by atoms with Crippen LogP contribution < -0.4 is 14.2 Å². The van der Waals surface area contributed by atoms with Crippen LogP contribution in [0.4, 0.5) is 0 Å². The smallest absolute Gasteiger partial charge is 0.241 e. The number of fused-ring (bicyclic) bond motifs is 1. The highest BCUT2D eigenvalue weighted by molar-refractivity contribution is 7.89. The van der Waals surface area contributed by atoms with Crippen LogP contribution in [0.5, 0.6) is 11.5 Å². The number of aromatic nitrogens is 2. The Bertz CT molecular complexity index is 880. The molecule has 9 heteroatoms. The van der Waals surface area contributed by atoms with Gasteiger partial charge in [0, 0.05) is 31.5 Å². The van der Waals surface area contributed by atoms with Gasteiger partial charge in [0.1, 0.15) is 6.10 Å². The summed E-state index contributed by atoms with van der Waals surface area (Å²) in [4.78, 5) is 0.146. The van der Waals surface area contributed by atoms with E-state index < -0.39 is 10.0 Å². The lowest BCUT2D eigenvalue weighted by molar-refractivity contribution is -0.00446. The van der Waals surface area contributed by atoms with E-state index in [0.29, 0.717) is 24.5 Å². The van der Waals surface area contributed by atoms with E-state index in [1.54, 1.807) is 16.9 Å². The summed E-state index contributed by atoms with van der Waals surface area (Å²) >= 11 is 0. The highest BCUT2D eigenvalue weighted by Gasteiger charge is 2.32. The number of hydrogen-bond donors (Lipinski definition) is 1. The van der Waals surface area contributed by atoms with Gasteiger partial charge in [-0.1, -0.05) is 0 Å². The summed E-state index contributed by atoms with van der Waals surface area (Å²) in [6, 6.07) is 4.24. The zero-order chi connectivity index (χ0) is 17.4. The lowest BCUT2D eigenvalue weighted by atomic mass is 9.99. The molecule has 134 valence electrons. The molecule has 4 rings (SSSR count). The van der Waals surface area contributed by atoms with Gasteiger partial charge in [0.15, 0.2) is 11.5 Å². The van der Waals surface area contributed by atoms with Gasteiger partial charge in [0.25, 0.3) is 0 Å². The summed E-state index contributed by atoms with van der Waals surface area (Å²) in [6.07, 6.45) is 4.69. The molecular formula is C16H19N3O5S. The summed E-state index contributed by atoms with van der Waals surface area (Å²) < 4.78 is 46.4. The maximum absolute atomic E-state index is 12.8. The van der Waals surface area contributed by atoms with Crippen LogP contribution in [0.1, 0.15) is 24.5 Å². The molecule has 0 aliphatic carbocycles. The van der Waals surface area contributed by atoms with Crippen LogP contribution in [0.25, 0.3) is 0 Å². The molecule has 0 saturated carbocycles. The maximum Gasteiger partial charge on any atom is 0.241 e. The molecule has 1 aromatic heterocycles. The van der Waals surface area contributed by atoms with Crippen molar-refractivity contribution in [2.24, 2.45) is 7.05 Å². The first kappa shape index (κ1) is 16.4. The molecule has 0 bridgehead atoms. The molecule has 0 unspecified atom stereocenters. The summed E-state index contributed by atoms with van der Waals surface area (Å²) in [5, 5.41) is 4.15. The second kappa shape index (κ2) is 6.32. The molecule has 1 N–H and O–H groups in total. The SMILES string of the molecule is Cn1cc([C@H]2OCCC[C@@H]2NS(=O)(=O)c2ccc3c(c2)OCO3)cn1. The second-order valence-electron chi connectivity index (χ2n) is 6.12. The molecule has 1 fully saturated rings. The third-order valence-corrected chi connectivity index (χ3v) is 5.82. The lowest BCUT2D eigenvalue weighted by Gasteiger charge is -2.31. The Morgan fingerprint density at radius 3 is 2.92 bits per heavy atom. The second-order valence-corrected chi connectivity index (χ2v) is 7.84. The van der Waals surface area contributed by atoms with Crippen LogP contribution in [0, 0.1) is 0 Å². The minimum absolute atomic E-state index is 0.103. The predicted molar refractivity (Wildman–Crippen MR) is 87.8 cm³/mol. The average Bonchev–Trinajstić information content (AvgIpc) is 3.23. The van der Waals surface area contributed by atoms with Gasteiger partial charge in [-0.05, 0) is 25.0 Å². The fourth-order valence-electron chi connectivity index (χ4n) is 3.13. The third-order valence-electron chi connectivity index (χ3n) is 4.34. The fourth-order valence-corrected chi connectivity index (χ4v) is 4.41. The van der Waals surface area contributed by atoms with Gasteiger partial charge in [0.2, 0.25) is 16.8 Å². The molecule has 1 aromatic carbocycles. The third kappa shape index (κ3) is 3.22. The summed E-state index contributed by atoms with van der Waals surface area (Å²) in [6.45, 7) is 0.702. The van der Waals surface area contributed by atoms with E-state index in [1.165, 1.54) is 12.1 Å². The Kier molecular flexibility index (Phi) is 4.14. The van der Waals surface area contributed by atoms with Crippen molar-refractivity contribution in [3.8, 4) is 11.5 Å². The highest BCUT2D eigenvalue weighted by atomic mass is 32.2. The number of aryl methyl sites for hydroxylation is 1. The molecule has 2 atom stereocenters. The monoisotopic (exact) mass is 365 g/mol. The number of sulfonamides is 1. The molecule has 1 saturated heterocycles. The normalized spacial score (nSPS) is 22.9. The number of nitrogens with zero attached hydrogens (tertiary/aromatic N) is 2.